The molecule has 0 atom stereocenters. The van der Waals surface area contributed by atoms with Gasteiger partial charge in [0.05, 0.1) is 0 Å². The lowest BCUT2D eigenvalue weighted by Crippen LogP contribution is -2.42. The number of carbonyl (C=O) groups excluding carboxylic acids is 1. The standard InChI is InChI=1S/C17H20BrNO2/c18-10-11-19(14-7-2-1-3-8-14)17(20)16-12-13-6-4-5-9-15(13)21-16/h4-6,9,12,14H,1-3,7-8,10-11H2. The summed E-state index contributed by atoms with van der Waals surface area (Å²) in [6, 6.07) is 9.99. The van der Waals surface area contributed by atoms with E-state index in [0.29, 0.717) is 11.8 Å². The highest BCUT2D eigenvalue weighted by atomic mass is 79.9. The molecule has 0 saturated heterocycles. The Labute approximate surface area is 133 Å². The number of benzene rings is 1. The highest BCUT2D eigenvalue weighted by Gasteiger charge is 2.27. The summed E-state index contributed by atoms with van der Waals surface area (Å²) < 4.78 is 5.74. The minimum Gasteiger partial charge on any atom is -0.451 e. The van der Waals surface area contributed by atoms with E-state index in [1.165, 1.54) is 19.3 Å². The second-order valence-corrected chi connectivity index (χ2v) is 6.42. The molecule has 21 heavy (non-hydrogen) atoms. The number of furan rings is 1. The number of amides is 1. The predicted molar refractivity (Wildman–Crippen MR) is 87.9 cm³/mol. The molecule has 112 valence electrons. The SMILES string of the molecule is O=C(c1cc2ccccc2o1)N(CCBr)C1CCCCC1. The number of rotatable bonds is 4. The van der Waals surface area contributed by atoms with Gasteiger partial charge in [-0.25, -0.2) is 0 Å². The zero-order valence-electron chi connectivity index (χ0n) is 12.1. The van der Waals surface area contributed by atoms with Crippen molar-refractivity contribution in [2.75, 3.05) is 11.9 Å². The average Bonchev–Trinajstić information content (AvgIpc) is 2.97. The van der Waals surface area contributed by atoms with E-state index in [1.807, 2.05) is 35.2 Å². The molecule has 1 heterocycles. The van der Waals surface area contributed by atoms with Crippen molar-refractivity contribution in [1.29, 1.82) is 0 Å². The van der Waals surface area contributed by atoms with Crippen molar-refractivity contribution < 1.29 is 9.21 Å². The first-order valence-corrected chi connectivity index (χ1v) is 8.77. The van der Waals surface area contributed by atoms with Gasteiger partial charge < -0.3 is 9.32 Å². The number of para-hydroxylation sites is 1. The van der Waals surface area contributed by atoms with Crippen molar-refractivity contribution in [3.05, 3.63) is 36.1 Å². The van der Waals surface area contributed by atoms with Crippen molar-refractivity contribution >= 4 is 32.8 Å². The van der Waals surface area contributed by atoms with Gasteiger partial charge in [0.15, 0.2) is 5.76 Å². The second-order valence-electron chi connectivity index (χ2n) is 5.63. The summed E-state index contributed by atoms with van der Waals surface area (Å²) in [4.78, 5) is 14.8. The Morgan fingerprint density at radius 2 is 2.00 bits per heavy atom. The number of hydrogen-bond donors (Lipinski definition) is 0. The lowest BCUT2D eigenvalue weighted by Gasteiger charge is -2.33. The van der Waals surface area contributed by atoms with Gasteiger partial charge in [-0.1, -0.05) is 53.4 Å². The fourth-order valence-corrected chi connectivity index (χ4v) is 3.54. The van der Waals surface area contributed by atoms with Crippen LogP contribution in [-0.4, -0.2) is 28.7 Å². The summed E-state index contributed by atoms with van der Waals surface area (Å²) in [7, 11) is 0. The molecule has 2 aromatic rings. The third kappa shape index (κ3) is 3.15. The fourth-order valence-electron chi connectivity index (χ4n) is 3.16. The van der Waals surface area contributed by atoms with E-state index >= 15 is 0 Å². The molecule has 1 saturated carbocycles. The van der Waals surface area contributed by atoms with Crippen LogP contribution in [0.2, 0.25) is 0 Å². The molecule has 1 aliphatic rings. The van der Waals surface area contributed by atoms with E-state index in [1.54, 1.807) is 0 Å². The maximum absolute atomic E-state index is 12.8. The smallest absolute Gasteiger partial charge is 0.289 e. The maximum atomic E-state index is 12.8. The molecular formula is C17H20BrNO2. The largest absolute Gasteiger partial charge is 0.451 e. The minimum atomic E-state index is 0.0255. The molecule has 1 aromatic heterocycles. The van der Waals surface area contributed by atoms with Gasteiger partial charge in [-0.3, -0.25) is 4.79 Å². The second kappa shape index (κ2) is 6.65. The first-order valence-electron chi connectivity index (χ1n) is 7.65. The average molecular weight is 350 g/mol. The normalized spacial score (nSPS) is 16.2. The van der Waals surface area contributed by atoms with E-state index in [-0.39, 0.29) is 5.91 Å². The molecule has 0 radical (unpaired) electrons. The van der Waals surface area contributed by atoms with Gasteiger partial charge in [0, 0.05) is 23.3 Å². The van der Waals surface area contributed by atoms with Crippen LogP contribution >= 0.6 is 15.9 Å². The molecule has 3 rings (SSSR count). The molecule has 0 unspecified atom stereocenters. The highest BCUT2D eigenvalue weighted by molar-refractivity contribution is 9.09. The molecule has 0 N–H and O–H groups in total. The Balaban J connectivity index is 1.85. The van der Waals surface area contributed by atoms with E-state index in [2.05, 4.69) is 15.9 Å². The van der Waals surface area contributed by atoms with Gasteiger partial charge in [0.1, 0.15) is 5.58 Å². The summed E-state index contributed by atoms with van der Waals surface area (Å²) in [6.45, 7) is 0.737. The van der Waals surface area contributed by atoms with Crippen molar-refractivity contribution in [3.63, 3.8) is 0 Å². The molecule has 1 fully saturated rings. The van der Waals surface area contributed by atoms with Crippen LogP contribution in [0.1, 0.15) is 42.7 Å². The van der Waals surface area contributed by atoms with Crippen LogP contribution in [0.15, 0.2) is 34.7 Å². The Bertz CT molecular complexity index is 583. The lowest BCUT2D eigenvalue weighted by molar-refractivity contribution is 0.0621. The molecule has 0 spiro atoms. The number of hydrogen-bond acceptors (Lipinski definition) is 2. The fraction of sp³-hybridized carbons (Fsp3) is 0.471. The summed E-state index contributed by atoms with van der Waals surface area (Å²) in [6.07, 6.45) is 5.95. The Morgan fingerprint density at radius 3 is 2.71 bits per heavy atom. The van der Waals surface area contributed by atoms with Crippen molar-refractivity contribution in [2.24, 2.45) is 0 Å². The quantitative estimate of drug-likeness (QED) is 0.755. The topological polar surface area (TPSA) is 33.5 Å². The Hall–Kier alpha value is -1.29. The van der Waals surface area contributed by atoms with E-state index in [4.69, 9.17) is 4.42 Å². The van der Waals surface area contributed by atoms with Gasteiger partial charge in [0.2, 0.25) is 0 Å². The zero-order chi connectivity index (χ0) is 14.7. The number of carbonyl (C=O) groups is 1. The van der Waals surface area contributed by atoms with Gasteiger partial charge >= 0.3 is 0 Å². The summed E-state index contributed by atoms with van der Waals surface area (Å²) in [5, 5.41) is 1.79. The maximum Gasteiger partial charge on any atom is 0.289 e. The number of nitrogens with zero attached hydrogens (tertiary/aromatic N) is 1. The summed E-state index contributed by atoms with van der Waals surface area (Å²) >= 11 is 3.47. The van der Waals surface area contributed by atoms with Crippen LogP contribution in [0.25, 0.3) is 11.0 Å². The molecular weight excluding hydrogens is 330 g/mol. The molecule has 4 heteroatoms. The van der Waals surface area contributed by atoms with Crippen molar-refractivity contribution in [2.45, 2.75) is 38.1 Å². The summed E-state index contributed by atoms with van der Waals surface area (Å²) in [5.41, 5.74) is 0.781. The third-order valence-electron chi connectivity index (χ3n) is 4.24. The molecule has 1 amide bonds. The van der Waals surface area contributed by atoms with Crippen LogP contribution in [-0.2, 0) is 0 Å². The molecule has 1 aliphatic carbocycles. The van der Waals surface area contributed by atoms with Crippen LogP contribution in [0.5, 0.6) is 0 Å². The molecule has 0 aliphatic heterocycles. The van der Waals surface area contributed by atoms with Gasteiger partial charge in [-0.15, -0.1) is 0 Å². The predicted octanol–water partition coefficient (Wildman–Crippen LogP) is 4.60. The van der Waals surface area contributed by atoms with Crippen molar-refractivity contribution in [3.8, 4) is 0 Å². The Morgan fingerprint density at radius 1 is 1.24 bits per heavy atom. The number of fused-ring (bicyclic) bond motifs is 1. The molecule has 1 aromatic carbocycles. The van der Waals surface area contributed by atoms with Crippen LogP contribution < -0.4 is 0 Å². The van der Waals surface area contributed by atoms with E-state index in [9.17, 15) is 4.79 Å². The minimum absolute atomic E-state index is 0.0255. The van der Waals surface area contributed by atoms with E-state index < -0.39 is 0 Å². The van der Waals surface area contributed by atoms with Crippen LogP contribution in [0.4, 0.5) is 0 Å². The highest BCUT2D eigenvalue weighted by Crippen LogP contribution is 2.26. The Kier molecular flexibility index (Phi) is 4.63. The first kappa shape index (κ1) is 14.6. The number of halogens is 1. The first-order chi connectivity index (χ1) is 10.3. The monoisotopic (exact) mass is 349 g/mol. The van der Waals surface area contributed by atoms with Crippen LogP contribution in [0, 0.1) is 0 Å². The summed E-state index contributed by atoms with van der Waals surface area (Å²) in [5.74, 6) is 0.486. The van der Waals surface area contributed by atoms with Gasteiger partial charge in [-0.05, 0) is 25.0 Å². The van der Waals surface area contributed by atoms with E-state index in [0.717, 1.165) is 35.7 Å². The third-order valence-corrected chi connectivity index (χ3v) is 4.59. The molecule has 0 bridgehead atoms. The van der Waals surface area contributed by atoms with Crippen LogP contribution in [0.3, 0.4) is 0 Å². The molecule has 3 nitrogen and oxygen atoms in total. The van der Waals surface area contributed by atoms with Crippen molar-refractivity contribution in [1.82, 2.24) is 4.90 Å². The number of alkyl halides is 1. The zero-order valence-corrected chi connectivity index (χ0v) is 13.6. The van der Waals surface area contributed by atoms with Gasteiger partial charge in [0.25, 0.3) is 5.91 Å². The lowest BCUT2D eigenvalue weighted by atomic mass is 9.94. The van der Waals surface area contributed by atoms with Gasteiger partial charge in [-0.2, -0.15) is 0 Å².